The maximum Gasteiger partial charge on any atom is 0.253 e. The van der Waals surface area contributed by atoms with Crippen LogP contribution in [0.2, 0.25) is 5.02 Å². The molecule has 0 aliphatic heterocycles. The minimum Gasteiger partial charge on any atom is -0.394 e. The van der Waals surface area contributed by atoms with Crippen molar-refractivity contribution in [3.05, 3.63) is 34.6 Å². The van der Waals surface area contributed by atoms with E-state index in [1.807, 2.05) is 6.92 Å². The third kappa shape index (κ3) is 2.93. The van der Waals surface area contributed by atoms with Crippen LogP contribution >= 0.6 is 11.6 Å². The zero-order chi connectivity index (χ0) is 12.1. The van der Waals surface area contributed by atoms with Crippen LogP contribution in [0.1, 0.15) is 23.7 Å². The van der Waals surface area contributed by atoms with Gasteiger partial charge in [0, 0.05) is 0 Å². The molecular formula is C11H13ClFNO2. The van der Waals surface area contributed by atoms with E-state index >= 15 is 0 Å². The average molecular weight is 246 g/mol. The second kappa shape index (κ2) is 5.82. The SMILES string of the molecule is CC[C@@H](CO)NC(=O)c1cccc(F)c1Cl. The molecule has 0 bridgehead atoms. The van der Waals surface area contributed by atoms with Crippen LogP contribution < -0.4 is 5.32 Å². The summed E-state index contributed by atoms with van der Waals surface area (Å²) in [6, 6.07) is 3.69. The van der Waals surface area contributed by atoms with Crippen molar-refractivity contribution in [2.24, 2.45) is 0 Å². The Bertz CT molecular complexity index is 380. The quantitative estimate of drug-likeness (QED) is 0.852. The van der Waals surface area contributed by atoms with Crippen molar-refractivity contribution >= 4 is 17.5 Å². The number of aliphatic hydroxyl groups is 1. The number of amides is 1. The Balaban J connectivity index is 2.84. The van der Waals surface area contributed by atoms with Crippen molar-refractivity contribution in [2.75, 3.05) is 6.61 Å². The van der Waals surface area contributed by atoms with E-state index in [9.17, 15) is 9.18 Å². The first kappa shape index (κ1) is 12.9. The van der Waals surface area contributed by atoms with Gasteiger partial charge in [-0.1, -0.05) is 24.6 Å². The lowest BCUT2D eigenvalue weighted by molar-refractivity contribution is 0.0914. The third-order valence-electron chi connectivity index (χ3n) is 2.24. The van der Waals surface area contributed by atoms with Crippen molar-refractivity contribution in [1.29, 1.82) is 0 Å². The molecule has 1 rings (SSSR count). The minimum absolute atomic E-state index is 0.0774. The topological polar surface area (TPSA) is 49.3 Å². The summed E-state index contributed by atoms with van der Waals surface area (Å²) in [6.45, 7) is 1.67. The van der Waals surface area contributed by atoms with E-state index in [4.69, 9.17) is 16.7 Å². The van der Waals surface area contributed by atoms with Gasteiger partial charge in [0.15, 0.2) is 0 Å². The fourth-order valence-electron chi connectivity index (χ4n) is 1.22. The van der Waals surface area contributed by atoms with E-state index in [1.54, 1.807) is 0 Å². The Kier molecular flexibility index (Phi) is 4.71. The van der Waals surface area contributed by atoms with Gasteiger partial charge < -0.3 is 10.4 Å². The molecule has 0 aromatic heterocycles. The molecule has 16 heavy (non-hydrogen) atoms. The summed E-state index contributed by atoms with van der Waals surface area (Å²) in [7, 11) is 0. The fourth-order valence-corrected chi connectivity index (χ4v) is 1.43. The lowest BCUT2D eigenvalue weighted by Crippen LogP contribution is -2.37. The highest BCUT2D eigenvalue weighted by Gasteiger charge is 2.15. The summed E-state index contributed by atoms with van der Waals surface area (Å²) in [5.74, 6) is -1.11. The van der Waals surface area contributed by atoms with E-state index in [0.29, 0.717) is 6.42 Å². The van der Waals surface area contributed by atoms with E-state index in [2.05, 4.69) is 5.32 Å². The van der Waals surface area contributed by atoms with Crippen LogP contribution in [-0.4, -0.2) is 23.7 Å². The number of aliphatic hydroxyl groups excluding tert-OH is 1. The van der Waals surface area contributed by atoms with E-state index in [0.717, 1.165) is 0 Å². The second-order valence-corrected chi connectivity index (χ2v) is 3.74. The molecule has 0 aliphatic carbocycles. The molecule has 2 N–H and O–H groups in total. The maximum atomic E-state index is 13.1. The first-order valence-corrected chi connectivity index (χ1v) is 5.33. The standard InChI is InChI=1S/C11H13ClFNO2/c1-2-7(6-15)14-11(16)8-4-3-5-9(13)10(8)12/h3-5,7,15H,2,6H2,1H3,(H,14,16)/t7-/m0/s1. The molecule has 1 atom stereocenters. The van der Waals surface area contributed by atoms with Gasteiger partial charge in [0.25, 0.3) is 5.91 Å². The summed E-state index contributed by atoms with van der Waals surface area (Å²) < 4.78 is 13.1. The Labute approximate surface area is 98.2 Å². The van der Waals surface area contributed by atoms with Crippen LogP contribution in [0.4, 0.5) is 4.39 Å². The molecule has 3 nitrogen and oxygen atoms in total. The highest BCUT2D eigenvalue weighted by Crippen LogP contribution is 2.19. The summed E-state index contributed by atoms with van der Waals surface area (Å²) in [5.41, 5.74) is 0.0774. The monoisotopic (exact) mass is 245 g/mol. The fraction of sp³-hybridized carbons (Fsp3) is 0.364. The van der Waals surface area contributed by atoms with Crippen LogP contribution in [0.15, 0.2) is 18.2 Å². The normalized spacial score (nSPS) is 12.2. The lowest BCUT2D eigenvalue weighted by atomic mass is 10.1. The third-order valence-corrected chi connectivity index (χ3v) is 2.63. The smallest absolute Gasteiger partial charge is 0.253 e. The molecular weight excluding hydrogens is 233 g/mol. The Morgan fingerprint density at radius 1 is 1.62 bits per heavy atom. The molecule has 1 aromatic rings. The van der Waals surface area contributed by atoms with Gasteiger partial charge in [-0.05, 0) is 18.6 Å². The molecule has 0 fully saturated rings. The predicted molar refractivity (Wildman–Crippen MR) is 60.0 cm³/mol. The van der Waals surface area contributed by atoms with Gasteiger partial charge in [0.1, 0.15) is 5.82 Å². The molecule has 0 radical (unpaired) electrons. The highest BCUT2D eigenvalue weighted by molar-refractivity contribution is 6.34. The Morgan fingerprint density at radius 2 is 2.31 bits per heavy atom. The van der Waals surface area contributed by atoms with Crippen molar-refractivity contribution in [1.82, 2.24) is 5.32 Å². The number of benzene rings is 1. The van der Waals surface area contributed by atoms with Gasteiger partial charge >= 0.3 is 0 Å². The summed E-state index contributed by atoms with van der Waals surface area (Å²) >= 11 is 5.66. The van der Waals surface area contributed by atoms with Crippen molar-refractivity contribution in [3.8, 4) is 0 Å². The Hall–Kier alpha value is -1.13. The van der Waals surface area contributed by atoms with Gasteiger partial charge in [-0.25, -0.2) is 4.39 Å². The molecule has 5 heteroatoms. The van der Waals surface area contributed by atoms with E-state index in [-0.39, 0.29) is 23.2 Å². The minimum atomic E-state index is -0.633. The van der Waals surface area contributed by atoms with E-state index < -0.39 is 11.7 Å². The maximum absolute atomic E-state index is 13.1. The highest BCUT2D eigenvalue weighted by atomic mass is 35.5. The van der Waals surface area contributed by atoms with Crippen LogP contribution in [-0.2, 0) is 0 Å². The van der Waals surface area contributed by atoms with Crippen molar-refractivity contribution in [3.63, 3.8) is 0 Å². The average Bonchev–Trinajstić information content (AvgIpc) is 2.29. The van der Waals surface area contributed by atoms with Gasteiger partial charge in [-0.2, -0.15) is 0 Å². The van der Waals surface area contributed by atoms with Gasteiger partial charge in [-0.15, -0.1) is 0 Å². The summed E-state index contributed by atoms with van der Waals surface area (Å²) in [5, 5.41) is 11.3. The molecule has 0 saturated carbocycles. The van der Waals surface area contributed by atoms with E-state index in [1.165, 1.54) is 18.2 Å². The first-order valence-electron chi connectivity index (χ1n) is 4.95. The number of carbonyl (C=O) groups is 1. The number of halogens is 2. The molecule has 1 aromatic carbocycles. The van der Waals surface area contributed by atoms with Crippen molar-refractivity contribution < 1.29 is 14.3 Å². The first-order chi connectivity index (χ1) is 7.60. The molecule has 0 saturated heterocycles. The summed E-state index contributed by atoms with van der Waals surface area (Å²) in [4.78, 5) is 11.7. The van der Waals surface area contributed by atoms with Crippen LogP contribution in [0, 0.1) is 5.82 Å². The molecule has 0 spiro atoms. The zero-order valence-corrected chi connectivity index (χ0v) is 9.59. The van der Waals surface area contributed by atoms with Crippen LogP contribution in [0.25, 0.3) is 0 Å². The number of nitrogens with one attached hydrogen (secondary N) is 1. The van der Waals surface area contributed by atoms with Crippen molar-refractivity contribution in [2.45, 2.75) is 19.4 Å². The van der Waals surface area contributed by atoms with Gasteiger partial charge in [-0.3, -0.25) is 4.79 Å². The van der Waals surface area contributed by atoms with Crippen LogP contribution in [0.3, 0.4) is 0 Å². The molecule has 1 amide bonds. The number of carbonyl (C=O) groups excluding carboxylic acids is 1. The molecule has 88 valence electrons. The second-order valence-electron chi connectivity index (χ2n) is 3.36. The van der Waals surface area contributed by atoms with Crippen LogP contribution in [0.5, 0.6) is 0 Å². The van der Waals surface area contributed by atoms with Gasteiger partial charge in [0.2, 0.25) is 0 Å². The largest absolute Gasteiger partial charge is 0.394 e. The van der Waals surface area contributed by atoms with Gasteiger partial charge in [0.05, 0.1) is 23.2 Å². The predicted octanol–water partition coefficient (Wildman–Crippen LogP) is 1.98. The lowest BCUT2D eigenvalue weighted by Gasteiger charge is -2.14. The Morgan fingerprint density at radius 3 is 2.88 bits per heavy atom. The number of rotatable bonds is 4. The zero-order valence-electron chi connectivity index (χ0n) is 8.84. The number of hydrogen-bond donors (Lipinski definition) is 2. The summed E-state index contributed by atoms with van der Waals surface area (Å²) in [6.07, 6.45) is 0.592. The molecule has 0 aliphatic rings. The molecule has 0 heterocycles. The number of hydrogen-bond acceptors (Lipinski definition) is 2. The molecule has 0 unspecified atom stereocenters.